The fraction of sp³-hybridized carbons (Fsp3) is 1.00. The number of unbranched alkanes of at least 4 members (excludes halogenated alkanes) is 6. The fourth-order valence-corrected chi connectivity index (χ4v) is 2.51. The molecule has 0 saturated carbocycles. The predicted molar refractivity (Wildman–Crippen MR) is 93.8 cm³/mol. The molecule has 0 spiro atoms. The molecule has 8 nitrogen and oxygen atoms in total. The molecule has 0 aliphatic carbocycles. The maximum atomic E-state index is 11.5. The Morgan fingerprint density at radius 2 is 1.00 bits per heavy atom. The molecule has 0 aromatic rings. The first-order chi connectivity index (χ1) is 12.1. The third-order valence-electron chi connectivity index (χ3n) is 3.17. The zero-order valence-corrected chi connectivity index (χ0v) is 16.5. The normalized spacial score (nSPS) is 12.0. The van der Waals surface area contributed by atoms with Gasteiger partial charge < -0.3 is 4.89 Å². The van der Waals surface area contributed by atoms with Crippen LogP contribution in [0.2, 0.25) is 0 Å². The van der Waals surface area contributed by atoms with Crippen LogP contribution in [0.3, 0.4) is 0 Å². The van der Waals surface area contributed by atoms with Gasteiger partial charge in [-0.2, -0.15) is 0 Å². The number of hydrogen-bond donors (Lipinski definition) is 1. The van der Waals surface area contributed by atoms with E-state index in [1.807, 2.05) is 0 Å². The van der Waals surface area contributed by atoms with Crippen molar-refractivity contribution in [2.45, 2.75) is 65.2 Å². The van der Waals surface area contributed by atoms with Gasteiger partial charge in [0.2, 0.25) is 0 Å². The standard InChI is InChI=1S/C16H35O8P/c1-3-5-7-9-11-19-21-13-15-23-25(17,18)24-16-14-22-20-12-10-8-6-4-2/h3-16H2,1-2H3,(H,17,18). The smallest absolute Gasteiger partial charge is 0.302 e. The summed E-state index contributed by atoms with van der Waals surface area (Å²) >= 11 is 0. The molecule has 0 aliphatic heterocycles. The van der Waals surface area contributed by atoms with Crippen molar-refractivity contribution in [3.8, 4) is 0 Å². The van der Waals surface area contributed by atoms with Crippen LogP contribution in [0.25, 0.3) is 0 Å². The molecule has 0 aliphatic rings. The van der Waals surface area contributed by atoms with E-state index in [9.17, 15) is 9.46 Å². The van der Waals surface area contributed by atoms with Crippen molar-refractivity contribution in [3.63, 3.8) is 0 Å². The highest BCUT2D eigenvalue weighted by molar-refractivity contribution is 7.47. The molecule has 0 aromatic heterocycles. The van der Waals surface area contributed by atoms with Gasteiger partial charge in [-0.15, -0.1) is 0 Å². The average molecular weight is 386 g/mol. The third kappa shape index (κ3) is 20.1. The van der Waals surface area contributed by atoms with E-state index < -0.39 is 7.82 Å². The van der Waals surface area contributed by atoms with Gasteiger partial charge in [0.1, 0.15) is 13.2 Å². The first-order valence-electron chi connectivity index (χ1n) is 9.23. The van der Waals surface area contributed by atoms with Crippen molar-refractivity contribution < 1.29 is 38.1 Å². The van der Waals surface area contributed by atoms with E-state index >= 15 is 0 Å². The molecule has 152 valence electrons. The Labute approximate surface area is 151 Å². The highest BCUT2D eigenvalue weighted by atomic mass is 31.2. The summed E-state index contributed by atoms with van der Waals surface area (Å²) < 4.78 is 21.0. The predicted octanol–water partition coefficient (Wildman–Crippen LogP) is 4.18. The second-order valence-electron chi connectivity index (χ2n) is 5.54. The lowest BCUT2D eigenvalue weighted by Crippen LogP contribution is -2.08. The lowest BCUT2D eigenvalue weighted by Gasteiger charge is -2.12. The van der Waals surface area contributed by atoms with E-state index in [-0.39, 0.29) is 26.4 Å². The first-order valence-corrected chi connectivity index (χ1v) is 10.7. The van der Waals surface area contributed by atoms with Gasteiger partial charge in [-0.3, -0.25) is 9.05 Å². The summed E-state index contributed by atoms with van der Waals surface area (Å²) in [7, 11) is -4.10. The molecule has 0 radical (unpaired) electrons. The molecule has 0 atom stereocenters. The number of hydrogen-bond acceptors (Lipinski definition) is 7. The Bertz CT molecular complexity index is 291. The van der Waals surface area contributed by atoms with Crippen molar-refractivity contribution in [2.24, 2.45) is 0 Å². The van der Waals surface area contributed by atoms with Crippen LogP contribution in [0.5, 0.6) is 0 Å². The highest BCUT2D eigenvalue weighted by Gasteiger charge is 2.20. The van der Waals surface area contributed by atoms with Crippen molar-refractivity contribution >= 4 is 7.82 Å². The summed E-state index contributed by atoms with van der Waals surface area (Å²) in [5.41, 5.74) is 0. The van der Waals surface area contributed by atoms with E-state index in [4.69, 9.17) is 28.6 Å². The molecular formula is C16H35O8P. The molecular weight excluding hydrogens is 351 g/mol. The summed E-state index contributed by atoms with van der Waals surface area (Å²) in [6.45, 7) is 5.19. The molecule has 0 fully saturated rings. The van der Waals surface area contributed by atoms with Gasteiger partial charge in [0.15, 0.2) is 0 Å². The monoisotopic (exact) mass is 386 g/mol. The Morgan fingerprint density at radius 3 is 1.40 bits per heavy atom. The number of phosphoric acid groups is 1. The minimum Gasteiger partial charge on any atom is -0.302 e. The summed E-state index contributed by atoms with van der Waals surface area (Å²) in [5, 5.41) is 0. The molecule has 0 saturated heterocycles. The highest BCUT2D eigenvalue weighted by Crippen LogP contribution is 2.42. The summed E-state index contributed by atoms with van der Waals surface area (Å²) in [5.74, 6) is 0. The minimum absolute atomic E-state index is 0.0546. The van der Waals surface area contributed by atoms with Gasteiger partial charge in [-0.05, 0) is 12.8 Å². The second-order valence-corrected chi connectivity index (χ2v) is 7.00. The van der Waals surface area contributed by atoms with Crippen molar-refractivity contribution in [1.82, 2.24) is 0 Å². The number of phosphoric ester groups is 1. The minimum atomic E-state index is -4.10. The molecule has 25 heavy (non-hydrogen) atoms. The van der Waals surface area contributed by atoms with Gasteiger partial charge in [0.05, 0.1) is 26.4 Å². The summed E-state index contributed by atoms with van der Waals surface area (Å²) in [6, 6.07) is 0. The molecule has 0 amide bonds. The van der Waals surface area contributed by atoms with Crippen molar-refractivity contribution in [3.05, 3.63) is 0 Å². The third-order valence-corrected chi connectivity index (χ3v) is 4.19. The van der Waals surface area contributed by atoms with Crippen LogP contribution in [0.4, 0.5) is 0 Å². The van der Waals surface area contributed by atoms with Crippen molar-refractivity contribution in [1.29, 1.82) is 0 Å². The van der Waals surface area contributed by atoms with E-state index in [0.29, 0.717) is 13.2 Å². The van der Waals surface area contributed by atoms with Gasteiger partial charge in [0.25, 0.3) is 0 Å². The van der Waals surface area contributed by atoms with E-state index in [1.165, 1.54) is 12.8 Å². The van der Waals surface area contributed by atoms with Crippen LogP contribution >= 0.6 is 7.82 Å². The van der Waals surface area contributed by atoms with E-state index in [2.05, 4.69) is 13.8 Å². The van der Waals surface area contributed by atoms with Gasteiger partial charge in [0, 0.05) is 0 Å². The fourth-order valence-electron chi connectivity index (χ4n) is 1.82. The zero-order chi connectivity index (χ0) is 18.6. The lowest BCUT2D eigenvalue weighted by atomic mass is 10.2. The van der Waals surface area contributed by atoms with Gasteiger partial charge in [-0.25, -0.2) is 24.1 Å². The van der Waals surface area contributed by atoms with Crippen LogP contribution in [-0.2, 0) is 33.2 Å². The molecule has 0 rings (SSSR count). The van der Waals surface area contributed by atoms with Gasteiger partial charge in [-0.1, -0.05) is 52.4 Å². The van der Waals surface area contributed by atoms with Crippen LogP contribution in [0.15, 0.2) is 0 Å². The maximum Gasteiger partial charge on any atom is 0.472 e. The lowest BCUT2D eigenvalue weighted by molar-refractivity contribution is -0.299. The average Bonchev–Trinajstić information content (AvgIpc) is 2.59. The quantitative estimate of drug-likeness (QED) is 0.144. The molecule has 0 unspecified atom stereocenters. The largest absolute Gasteiger partial charge is 0.472 e. The Balaban J connectivity index is 3.34. The van der Waals surface area contributed by atoms with Crippen LogP contribution < -0.4 is 0 Å². The molecule has 0 bridgehead atoms. The Hall–Kier alpha value is -0.0500. The first kappa shape index (κ1) is 24.9. The second kappa shape index (κ2) is 18.7. The number of rotatable bonds is 20. The molecule has 9 heteroatoms. The summed E-state index contributed by atoms with van der Waals surface area (Å²) in [4.78, 5) is 29.0. The molecule has 0 aromatic carbocycles. The maximum absolute atomic E-state index is 11.5. The van der Waals surface area contributed by atoms with Crippen molar-refractivity contribution in [2.75, 3.05) is 39.6 Å². The van der Waals surface area contributed by atoms with E-state index in [1.54, 1.807) is 0 Å². The van der Waals surface area contributed by atoms with Gasteiger partial charge >= 0.3 is 7.82 Å². The van der Waals surface area contributed by atoms with Crippen LogP contribution in [0.1, 0.15) is 65.2 Å². The zero-order valence-electron chi connectivity index (χ0n) is 15.7. The Kier molecular flexibility index (Phi) is 18.7. The topological polar surface area (TPSA) is 92.7 Å². The van der Waals surface area contributed by atoms with Crippen LogP contribution in [-0.4, -0.2) is 44.5 Å². The molecule has 1 N–H and O–H groups in total. The molecule has 0 heterocycles. The van der Waals surface area contributed by atoms with E-state index in [0.717, 1.165) is 38.5 Å². The SMILES string of the molecule is CCCCCCOOCCOP(=O)(O)OCCOOCCCCCC. The Morgan fingerprint density at radius 1 is 0.600 bits per heavy atom. The summed E-state index contributed by atoms with van der Waals surface area (Å²) in [6.07, 6.45) is 8.72. The van der Waals surface area contributed by atoms with Crippen LogP contribution in [0, 0.1) is 0 Å².